The molecule has 3 fully saturated rings. The van der Waals surface area contributed by atoms with Crippen LogP contribution < -0.4 is 0 Å². The van der Waals surface area contributed by atoms with Gasteiger partial charge < -0.3 is 14.7 Å². The van der Waals surface area contributed by atoms with Gasteiger partial charge in [0.25, 0.3) is 0 Å². The summed E-state index contributed by atoms with van der Waals surface area (Å²) in [7, 11) is 2.24. The molecule has 4 heteroatoms. The van der Waals surface area contributed by atoms with Gasteiger partial charge in [-0.1, -0.05) is 25.7 Å². The molecular formula is C22H41N3O. The minimum absolute atomic E-state index is 0.316. The molecule has 0 aromatic carbocycles. The molecule has 26 heavy (non-hydrogen) atoms. The van der Waals surface area contributed by atoms with E-state index in [1.54, 1.807) is 0 Å². The van der Waals surface area contributed by atoms with Crippen LogP contribution in [0, 0.1) is 11.8 Å². The van der Waals surface area contributed by atoms with E-state index in [2.05, 4.69) is 28.7 Å². The molecule has 0 spiro atoms. The third kappa shape index (κ3) is 5.45. The molecule has 0 atom stereocenters. The Morgan fingerprint density at radius 2 is 1.50 bits per heavy atom. The Morgan fingerprint density at radius 1 is 0.885 bits per heavy atom. The molecule has 0 aromatic heterocycles. The zero-order valence-corrected chi connectivity index (χ0v) is 17.3. The lowest BCUT2D eigenvalue weighted by atomic mass is 9.92. The minimum atomic E-state index is 0.316. The quantitative estimate of drug-likeness (QED) is 0.698. The van der Waals surface area contributed by atoms with Crippen molar-refractivity contribution in [3.63, 3.8) is 0 Å². The summed E-state index contributed by atoms with van der Waals surface area (Å²) in [6, 6.07) is 0.807. The largest absolute Gasteiger partial charge is 0.342 e. The summed E-state index contributed by atoms with van der Waals surface area (Å²) >= 11 is 0. The van der Waals surface area contributed by atoms with Crippen LogP contribution in [0.15, 0.2) is 0 Å². The van der Waals surface area contributed by atoms with Crippen LogP contribution in [0.1, 0.15) is 71.1 Å². The first-order valence-corrected chi connectivity index (χ1v) is 11.4. The highest BCUT2D eigenvalue weighted by atomic mass is 16.2. The fourth-order valence-corrected chi connectivity index (χ4v) is 5.33. The average Bonchev–Trinajstić information content (AvgIpc) is 2.96. The standard InChI is InChI=1S/C22H41N3O/c1-3-24(22(26)20-8-6-4-5-7-9-20)18-19-10-16-25(17-11-19)21-12-14-23(2)15-13-21/h19-21H,3-18H2,1-2H3. The number of amides is 1. The molecule has 0 unspecified atom stereocenters. The molecule has 1 amide bonds. The molecule has 4 nitrogen and oxygen atoms in total. The molecular weight excluding hydrogens is 322 g/mol. The van der Waals surface area contributed by atoms with E-state index in [4.69, 9.17) is 0 Å². The number of carbonyl (C=O) groups is 1. The lowest BCUT2D eigenvalue weighted by Gasteiger charge is -2.42. The van der Waals surface area contributed by atoms with E-state index < -0.39 is 0 Å². The maximum Gasteiger partial charge on any atom is 0.225 e. The van der Waals surface area contributed by atoms with Crippen LogP contribution in [0.5, 0.6) is 0 Å². The van der Waals surface area contributed by atoms with Gasteiger partial charge in [-0.15, -0.1) is 0 Å². The molecule has 2 aliphatic heterocycles. The third-order valence-corrected chi connectivity index (χ3v) is 7.23. The molecule has 0 radical (unpaired) electrons. The fourth-order valence-electron chi connectivity index (χ4n) is 5.33. The molecule has 1 saturated carbocycles. The average molecular weight is 364 g/mol. The fraction of sp³-hybridized carbons (Fsp3) is 0.955. The van der Waals surface area contributed by atoms with E-state index in [9.17, 15) is 4.79 Å². The molecule has 150 valence electrons. The molecule has 3 aliphatic rings. The van der Waals surface area contributed by atoms with Gasteiger partial charge in [0, 0.05) is 25.0 Å². The first-order chi connectivity index (χ1) is 12.7. The van der Waals surface area contributed by atoms with Gasteiger partial charge in [-0.3, -0.25) is 4.79 Å². The van der Waals surface area contributed by atoms with Crippen molar-refractivity contribution in [1.82, 2.24) is 14.7 Å². The first kappa shape index (κ1) is 20.1. The van der Waals surface area contributed by atoms with E-state index in [1.165, 1.54) is 77.5 Å². The molecule has 2 saturated heterocycles. The Bertz CT molecular complexity index is 417. The van der Waals surface area contributed by atoms with Crippen LogP contribution in [0.4, 0.5) is 0 Å². The van der Waals surface area contributed by atoms with Gasteiger partial charge in [-0.05, 0) is 84.6 Å². The van der Waals surface area contributed by atoms with Crippen LogP contribution in [0.25, 0.3) is 0 Å². The van der Waals surface area contributed by atoms with Crippen molar-refractivity contribution >= 4 is 5.91 Å². The Kier molecular flexibility index (Phi) is 7.80. The van der Waals surface area contributed by atoms with Crippen molar-refractivity contribution in [2.75, 3.05) is 46.3 Å². The van der Waals surface area contributed by atoms with Gasteiger partial charge >= 0.3 is 0 Å². The van der Waals surface area contributed by atoms with E-state index in [-0.39, 0.29) is 0 Å². The van der Waals surface area contributed by atoms with E-state index >= 15 is 0 Å². The number of piperidine rings is 2. The molecule has 1 aliphatic carbocycles. The number of hydrogen-bond acceptors (Lipinski definition) is 3. The van der Waals surface area contributed by atoms with Crippen molar-refractivity contribution in [3.8, 4) is 0 Å². The van der Waals surface area contributed by atoms with Gasteiger partial charge in [-0.2, -0.15) is 0 Å². The summed E-state index contributed by atoms with van der Waals surface area (Å²) in [6.45, 7) is 9.07. The van der Waals surface area contributed by atoms with E-state index in [1.807, 2.05) is 0 Å². The second kappa shape index (κ2) is 10.1. The smallest absolute Gasteiger partial charge is 0.225 e. The normalized spacial score (nSPS) is 25.9. The maximum absolute atomic E-state index is 13.0. The molecule has 3 rings (SSSR count). The van der Waals surface area contributed by atoms with E-state index in [0.717, 1.165) is 32.0 Å². The number of nitrogens with zero attached hydrogens (tertiary/aromatic N) is 3. The topological polar surface area (TPSA) is 26.8 Å². The Labute approximate surface area is 161 Å². The number of rotatable bonds is 5. The summed E-state index contributed by atoms with van der Waals surface area (Å²) in [6.07, 6.45) is 12.6. The van der Waals surface area contributed by atoms with Gasteiger partial charge in [0.05, 0.1) is 0 Å². The minimum Gasteiger partial charge on any atom is -0.342 e. The summed E-state index contributed by atoms with van der Waals surface area (Å²) in [5.41, 5.74) is 0. The Balaban J connectivity index is 1.44. The van der Waals surface area contributed by atoms with Crippen LogP contribution >= 0.6 is 0 Å². The summed E-state index contributed by atoms with van der Waals surface area (Å²) in [5.74, 6) is 1.50. The zero-order valence-electron chi connectivity index (χ0n) is 17.3. The van der Waals surface area contributed by atoms with Gasteiger partial charge in [0.1, 0.15) is 0 Å². The summed E-state index contributed by atoms with van der Waals surface area (Å²) in [5, 5.41) is 0. The van der Waals surface area contributed by atoms with Crippen molar-refractivity contribution in [1.29, 1.82) is 0 Å². The van der Waals surface area contributed by atoms with Crippen LogP contribution in [0.2, 0.25) is 0 Å². The monoisotopic (exact) mass is 363 g/mol. The highest BCUT2D eigenvalue weighted by Crippen LogP contribution is 2.27. The Morgan fingerprint density at radius 3 is 2.08 bits per heavy atom. The predicted octanol–water partition coefficient (Wildman–Crippen LogP) is 3.61. The predicted molar refractivity (Wildman–Crippen MR) is 108 cm³/mol. The van der Waals surface area contributed by atoms with Crippen molar-refractivity contribution < 1.29 is 4.79 Å². The molecule has 0 aromatic rings. The highest BCUT2D eigenvalue weighted by molar-refractivity contribution is 5.78. The summed E-state index contributed by atoms with van der Waals surface area (Å²) < 4.78 is 0. The Hall–Kier alpha value is -0.610. The van der Waals surface area contributed by atoms with E-state index in [0.29, 0.717) is 17.7 Å². The second-order valence-corrected chi connectivity index (χ2v) is 9.08. The second-order valence-electron chi connectivity index (χ2n) is 9.08. The van der Waals surface area contributed by atoms with Crippen LogP contribution in [-0.2, 0) is 4.79 Å². The lowest BCUT2D eigenvalue weighted by molar-refractivity contribution is -0.136. The van der Waals surface area contributed by atoms with Crippen molar-refractivity contribution in [3.05, 3.63) is 0 Å². The van der Waals surface area contributed by atoms with Crippen molar-refractivity contribution in [2.45, 2.75) is 77.2 Å². The SMILES string of the molecule is CCN(CC1CCN(C2CCN(C)CC2)CC1)C(=O)C1CCCCCC1. The van der Waals surface area contributed by atoms with Gasteiger partial charge in [-0.25, -0.2) is 0 Å². The molecule has 2 heterocycles. The number of hydrogen-bond donors (Lipinski definition) is 0. The third-order valence-electron chi connectivity index (χ3n) is 7.23. The number of carbonyl (C=O) groups excluding carboxylic acids is 1. The number of likely N-dealkylation sites (tertiary alicyclic amines) is 2. The highest BCUT2D eigenvalue weighted by Gasteiger charge is 2.30. The van der Waals surface area contributed by atoms with Gasteiger partial charge in [0.15, 0.2) is 0 Å². The molecule has 0 N–H and O–H groups in total. The lowest BCUT2D eigenvalue weighted by Crippen LogP contribution is -2.48. The van der Waals surface area contributed by atoms with Crippen LogP contribution in [-0.4, -0.2) is 73.0 Å². The maximum atomic E-state index is 13.0. The van der Waals surface area contributed by atoms with Gasteiger partial charge in [0.2, 0.25) is 5.91 Å². The summed E-state index contributed by atoms with van der Waals surface area (Å²) in [4.78, 5) is 20.4. The molecule has 0 bridgehead atoms. The zero-order chi connectivity index (χ0) is 18.4. The van der Waals surface area contributed by atoms with Crippen LogP contribution in [0.3, 0.4) is 0 Å². The van der Waals surface area contributed by atoms with Crippen molar-refractivity contribution in [2.24, 2.45) is 11.8 Å². The first-order valence-electron chi connectivity index (χ1n) is 11.4.